The van der Waals surface area contributed by atoms with E-state index in [-0.39, 0.29) is 11.9 Å². The molecule has 1 aliphatic rings. The Labute approximate surface area is 140 Å². The highest BCUT2D eigenvalue weighted by Crippen LogP contribution is 2.23. The summed E-state index contributed by atoms with van der Waals surface area (Å²) in [5, 5.41) is 3.99. The van der Waals surface area contributed by atoms with Crippen LogP contribution in [0.3, 0.4) is 0 Å². The van der Waals surface area contributed by atoms with E-state index in [1.807, 2.05) is 55.5 Å². The van der Waals surface area contributed by atoms with Crippen LogP contribution in [0.1, 0.15) is 28.9 Å². The van der Waals surface area contributed by atoms with Crippen LogP contribution in [0.5, 0.6) is 0 Å². The predicted molar refractivity (Wildman–Crippen MR) is 94.3 cm³/mol. The summed E-state index contributed by atoms with van der Waals surface area (Å²) in [6, 6.07) is 15.1. The van der Waals surface area contributed by atoms with Gasteiger partial charge < -0.3 is 10.2 Å². The maximum Gasteiger partial charge on any atom is 0.256 e. The Balaban J connectivity index is 1.92. The number of anilines is 1. The van der Waals surface area contributed by atoms with Crippen molar-refractivity contribution in [3.8, 4) is 0 Å². The van der Waals surface area contributed by atoms with Crippen molar-refractivity contribution in [3.05, 3.63) is 64.7 Å². The van der Waals surface area contributed by atoms with Gasteiger partial charge in [0, 0.05) is 12.1 Å². The molecule has 1 heterocycles. The van der Waals surface area contributed by atoms with E-state index >= 15 is 0 Å². The molecule has 0 aliphatic carbocycles. The summed E-state index contributed by atoms with van der Waals surface area (Å²) >= 11 is 6.05. The van der Waals surface area contributed by atoms with Gasteiger partial charge in [-0.2, -0.15) is 0 Å². The molecule has 0 saturated carbocycles. The minimum Gasteiger partial charge on any atom is -0.342 e. The Kier molecular flexibility index (Phi) is 4.35. The maximum atomic E-state index is 12.4. The summed E-state index contributed by atoms with van der Waals surface area (Å²) < 4.78 is 0. The highest BCUT2D eigenvalue weighted by Gasteiger charge is 2.22. The van der Waals surface area contributed by atoms with Gasteiger partial charge in [0.15, 0.2) is 0 Å². The van der Waals surface area contributed by atoms with Crippen molar-refractivity contribution >= 4 is 29.0 Å². The number of amidine groups is 1. The maximum absolute atomic E-state index is 12.4. The van der Waals surface area contributed by atoms with Gasteiger partial charge in [-0.15, -0.1) is 0 Å². The number of hydrogen-bond acceptors (Lipinski definition) is 2. The number of carbonyl (C=O) groups is 1. The van der Waals surface area contributed by atoms with Crippen molar-refractivity contribution in [1.29, 1.82) is 0 Å². The Morgan fingerprint density at radius 3 is 2.78 bits per heavy atom. The third-order valence-corrected chi connectivity index (χ3v) is 4.09. The fourth-order valence-corrected chi connectivity index (χ4v) is 2.82. The van der Waals surface area contributed by atoms with Gasteiger partial charge in [0.25, 0.3) is 5.91 Å². The fourth-order valence-electron chi connectivity index (χ4n) is 2.62. The highest BCUT2D eigenvalue weighted by molar-refractivity contribution is 6.30. The molecule has 1 N–H and O–H groups in total. The van der Waals surface area contributed by atoms with Crippen LogP contribution in [0.2, 0.25) is 5.02 Å². The summed E-state index contributed by atoms with van der Waals surface area (Å²) in [4.78, 5) is 18.8. The lowest BCUT2D eigenvalue weighted by Gasteiger charge is -2.16. The minimum absolute atomic E-state index is 0.00583. The number of halogens is 1. The molecule has 23 heavy (non-hydrogen) atoms. The molecule has 118 valence electrons. The molecule has 0 radical (unpaired) electrons. The molecule has 1 unspecified atom stereocenters. The molecule has 0 saturated heterocycles. The number of carbonyl (C=O) groups excluding carboxylic acids is 1. The number of nitrogens with zero attached hydrogens (tertiary/aromatic N) is 2. The second kappa shape index (κ2) is 6.42. The van der Waals surface area contributed by atoms with Crippen molar-refractivity contribution in [2.45, 2.75) is 13.0 Å². The standard InChI is InChI=1S/C18H18ClN3O/c1-12(13-6-5-7-14(19)10-13)20-17-11-22(2)18(23)15-8-3-4-9-16(15)21-17/h3-10,12H,11H2,1-2H3,(H,20,21). The lowest BCUT2D eigenvalue weighted by atomic mass is 10.1. The zero-order valence-corrected chi connectivity index (χ0v) is 13.8. The van der Waals surface area contributed by atoms with E-state index in [9.17, 15) is 4.79 Å². The van der Waals surface area contributed by atoms with E-state index in [4.69, 9.17) is 16.6 Å². The first-order chi connectivity index (χ1) is 11.0. The van der Waals surface area contributed by atoms with Crippen molar-refractivity contribution in [1.82, 2.24) is 4.90 Å². The second-order valence-corrected chi connectivity index (χ2v) is 6.08. The lowest BCUT2D eigenvalue weighted by Crippen LogP contribution is -2.31. The number of para-hydroxylation sites is 1. The van der Waals surface area contributed by atoms with Crippen molar-refractivity contribution in [3.63, 3.8) is 0 Å². The number of amides is 1. The normalized spacial score (nSPS) is 17.4. The molecule has 1 aliphatic heterocycles. The van der Waals surface area contributed by atoms with Crippen LogP contribution in [0, 0.1) is 0 Å². The molecule has 0 bridgehead atoms. The Hall–Kier alpha value is -2.33. The van der Waals surface area contributed by atoms with Crippen LogP contribution in [0.15, 0.2) is 53.5 Å². The van der Waals surface area contributed by atoms with E-state index in [0.29, 0.717) is 17.1 Å². The third kappa shape index (κ3) is 3.37. The quantitative estimate of drug-likeness (QED) is 0.906. The molecular formula is C18H18ClN3O. The van der Waals surface area contributed by atoms with E-state index in [2.05, 4.69) is 5.32 Å². The Morgan fingerprint density at radius 2 is 2.00 bits per heavy atom. The summed E-state index contributed by atoms with van der Waals surface area (Å²) in [7, 11) is 1.78. The molecule has 2 aromatic carbocycles. The summed E-state index contributed by atoms with van der Waals surface area (Å²) in [6.45, 7) is 2.46. The summed E-state index contributed by atoms with van der Waals surface area (Å²) in [5.41, 5.74) is 2.49. The van der Waals surface area contributed by atoms with Crippen LogP contribution in [-0.2, 0) is 0 Å². The number of fused-ring (bicyclic) bond motifs is 1. The number of rotatable bonds is 2. The minimum atomic E-state index is -0.0510. The molecule has 0 spiro atoms. The topological polar surface area (TPSA) is 44.7 Å². The van der Waals surface area contributed by atoms with Gasteiger partial charge in [0.1, 0.15) is 5.84 Å². The first-order valence-corrected chi connectivity index (χ1v) is 7.86. The number of hydrogen-bond donors (Lipinski definition) is 1. The van der Waals surface area contributed by atoms with E-state index in [1.54, 1.807) is 11.9 Å². The number of nitrogens with one attached hydrogen (secondary N) is 1. The van der Waals surface area contributed by atoms with Gasteiger partial charge in [-0.05, 0) is 36.8 Å². The van der Waals surface area contributed by atoms with Crippen molar-refractivity contribution in [2.24, 2.45) is 4.99 Å². The van der Waals surface area contributed by atoms with Crippen molar-refractivity contribution < 1.29 is 4.79 Å². The van der Waals surface area contributed by atoms with Gasteiger partial charge in [-0.1, -0.05) is 35.9 Å². The molecule has 0 fully saturated rings. The molecule has 1 amide bonds. The first kappa shape index (κ1) is 15.6. The van der Waals surface area contributed by atoms with Crippen LogP contribution < -0.4 is 5.32 Å². The average Bonchev–Trinajstić information content (AvgIpc) is 2.65. The SMILES string of the molecule is CC(N=C1CN(C)C(=O)c2ccccc2N1)c1cccc(Cl)c1. The van der Waals surface area contributed by atoms with Gasteiger partial charge in [-0.3, -0.25) is 9.79 Å². The number of benzene rings is 2. The van der Waals surface area contributed by atoms with Crippen LogP contribution in [-0.4, -0.2) is 30.2 Å². The van der Waals surface area contributed by atoms with Gasteiger partial charge >= 0.3 is 0 Å². The van der Waals surface area contributed by atoms with Crippen LogP contribution >= 0.6 is 11.6 Å². The zero-order chi connectivity index (χ0) is 16.4. The predicted octanol–water partition coefficient (Wildman–Crippen LogP) is 4.00. The summed E-state index contributed by atoms with van der Waals surface area (Å²) in [5.74, 6) is 0.756. The lowest BCUT2D eigenvalue weighted by molar-refractivity contribution is 0.0817. The van der Waals surface area contributed by atoms with E-state index in [1.165, 1.54) is 0 Å². The van der Waals surface area contributed by atoms with Gasteiger partial charge in [-0.25, -0.2) is 0 Å². The van der Waals surface area contributed by atoms with E-state index < -0.39 is 0 Å². The summed E-state index contributed by atoms with van der Waals surface area (Å²) in [6.07, 6.45) is 0. The van der Waals surface area contributed by atoms with Gasteiger partial charge in [0.2, 0.25) is 0 Å². The van der Waals surface area contributed by atoms with Crippen LogP contribution in [0.4, 0.5) is 5.69 Å². The van der Waals surface area contributed by atoms with Crippen LogP contribution in [0.25, 0.3) is 0 Å². The Bertz CT molecular complexity index is 772. The molecule has 1 atom stereocenters. The number of aliphatic imine (C=N–C) groups is 1. The monoisotopic (exact) mass is 327 g/mol. The van der Waals surface area contributed by atoms with Crippen molar-refractivity contribution in [2.75, 3.05) is 18.9 Å². The first-order valence-electron chi connectivity index (χ1n) is 7.48. The Morgan fingerprint density at radius 1 is 1.22 bits per heavy atom. The zero-order valence-electron chi connectivity index (χ0n) is 13.1. The second-order valence-electron chi connectivity index (χ2n) is 5.64. The fraction of sp³-hybridized carbons (Fsp3) is 0.222. The van der Waals surface area contributed by atoms with E-state index in [0.717, 1.165) is 17.1 Å². The average molecular weight is 328 g/mol. The number of likely N-dealkylation sites (N-methyl/N-ethyl adjacent to an activating group) is 1. The highest BCUT2D eigenvalue weighted by atomic mass is 35.5. The molecular weight excluding hydrogens is 310 g/mol. The molecule has 5 heteroatoms. The largest absolute Gasteiger partial charge is 0.342 e. The molecule has 2 aromatic rings. The van der Waals surface area contributed by atoms with Gasteiger partial charge in [0.05, 0.1) is 23.8 Å². The molecule has 0 aromatic heterocycles. The smallest absolute Gasteiger partial charge is 0.256 e. The molecule has 3 rings (SSSR count). The molecule has 4 nitrogen and oxygen atoms in total. The third-order valence-electron chi connectivity index (χ3n) is 3.85.